The van der Waals surface area contributed by atoms with Gasteiger partial charge in [-0.25, -0.2) is 0 Å². The lowest BCUT2D eigenvalue weighted by molar-refractivity contribution is -0.127. The van der Waals surface area contributed by atoms with E-state index >= 15 is 0 Å². The van der Waals surface area contributed by atoms with E-state index in [1.165, 1.54) is 19.3 Å². The number of rotatable bonds is 2. The Bertz CT molecular complexity index is 259. The number of hydrogen-bond acceptors (Lipinski definition) is 2. The molecular weight excluding hydrogens is 200 g/mol. The highest BCUT2D eigenvalue weighted by molar-refractivity contribution is 5.79. The highest BCUT2D eigenvalue weighted by atomic mass is 16.2. The van der Waals surface area contributed by atoms with Crippen LogP contribution in [0.4, 0.5) is 0 Å². The van der Waals surface area contributed by atoms with Gasteiger partial charge in [0.2, 0.25) is 5.91 Å². The quantitative estimate of drug-likeness (QED) is 0.753. The van der Waals surface area contributed by atoms with Gasteiger partial charge in [0, 0.05) is 17.5 Å². The molecule has 2 fully saturated rings. The predicted molar refractivity (Wildman–Crippen MR) is 64.9 cm³/mol. The van der Waals surface area contributed by atoms with Gasteiger partial charge < -0.3 is 11.1 Å². The van der Waals surface area contributed by atoms with Gasteiger partial charge in [-0.15, -0.1) is 0 Å². The van der Waals surface area contributed by atoms with Crippen molar-refractivity contribution < 1.29 is 4.79 Å². The van der Waals surface area contributed by atoms with Crippen LogP contribution in [0, 0.1) is 5.92 Å². The third-order valence-electron chi connectivity index (χ3n) is 4.23. The molecule has 0 aromatic carbocycles. The van der Waals surface area contributed by atoms with Crippen molar-refractivity contribution in [2.45, 2.75) is 69.9 Å². The van der Waals surface area contributed by atoms with Crippen LogP contribution in [-0.4, -0.2) is 17.5 Å². The van der Waals surface area contributed by atoms with Crippen LogP contribution in [0.5, 0.6) is 0 Å². The fourth-order valence-corrected chi connectivity index (χ4v) is 3.11. The largest absolute Gasteiger partial charge is 0.351 e. The van der Waals surface area contributed by atoms with Crippen molar-refractivity contribution in [3.05, 3.63) is 0 Å². The molecule has 2 aliphatic carbocycles. The van der Waals surface area contributed by atoms with Gasteiger partial charge >= 0.3 is 0 Å². The number of nitrogens with one attached hydrogen (secondary N) is 1. The van der Waals surface area contributed by atoms with Crippen LogP contribution < -0.4 is 11.1 Å². The zero-order valence-electron chi connectivity index (χ0n) is 10.3. The Balaban J connectivity index is 1.86. The minimum atomic E-state index is 0.0576. The average molecular weight is 224 g/mol. The van der Waals surface area contributed by atoms with Crippen molar-refractivity contribution in [2.75, 3.05) is 0 Å². The minimum Gasteiger partial charge on any atom is -0.351 e. The summed E-state index contributed by atoms with van der Waals surface area (Å²) in [5, 5.41) is 3.26. The van der Waals surface area contributed by atoms with Crippen LogP contribution in [0.2, 0.25) is 0 Å². The summed E-state index contributed by atoms with van der Waals surface area (Å²) < 4.78 is 0. The van der Waals surface area contributed by atoms with E-state index < -0.39 is 0 Å². The van der Waals surface area contributed by atoms with Crippen molar-refractivity contribution in [3.8, 4) is 0 Å². The number of carbonyl (C=O) groups excluding carboxylic acids is 1. The molecular formula is C13H24N2O. The van der Waals surface area contributed by atoms with Crippen LogP contribution in [-0.2, 0) is 4.79 Å². The molecule has 3 nitrogen and oxygen atoms in total. The summed E-state index contributed by atoms with van der Waals surface area (Å²) >= 11 is 0. The molecule has 3 N–H and O–H groups in total. The summed E-state index contributed by atoms with van der Waals surface area (Å²) in [6.07, 6.45) is 8.95. The highest BCUT2D eigenvalue weighted by Crippen LogP contribution is 2.30. The van der Waals surface area contributed by atoms with Gasteiger partial charge in [0.25, 0.3) is 0 Å². The van der Waals surface area contributed by atoms with Gasteiger partial charge in [0.05, 0.1) is 0 Å². The molecule has 1 amide bonds. The van der Waals surface area contributed by atoms with Crippen LogP contribution in [0.3, 0.4) is 0 Å². The smallest absolute Gasteiger partial charge is 0.223 e. The van der Waals surface area contributed by atoms with E-state index in [2.05, 4.69) is 12.2 Å². The minimum absolute atomic E-state index is 0.0576. The van der Waals surface area contributed by atoms with E-state index in [1.807, 2.05) is 0 Å². The molecule has 0 radical (unpaired) electrons. The topological polar surface area (TPSA) is 55.1 Å². The summed E-state index contributed by atoms with van der Waals surface area (Å²) in [7, 11) is 0. The van der Waals surface area contributed by atoms with E-state index in [9.17, 15) is 4.79 Å². The normalized spacial score (nSPS) is 33.6. The van der Waals surface area contributed by atoms with E-state index in [4.69, 9.17) is 5.73 Å². The Morgan fingerprint density at radius 2 is 1.94 bits per heavy atom. The van der Waals surface area contributed by atoms with Crippen molar-refractivity contribution in [2.24, 2.45) is 11.7 Å². The van der Waals surface area contributed by atoms with Gasteiger partial charge in [-0.2, -0.15) is 0 Å². The van der Waals surface area contributed by atoms with Gasteiger partial charge in [0.15, 0.2) is 0 Å². The molecule has 2 unspecified atom stereocenters. The summed E-state index contributed by atoms with van der Waals surface area (Å²) in [4.78, 5) is 12.1. The molecule has 0 aliphatic heterocycles. The molecule has 0 aromatic rings. The van der Waals surface area contributed by atoms with E-state index in [-0.39, 0.29) is 23.4 Å². The second-order valence-electron chi connectivity index (χ2n) is 5.88. The van der Waals surface area contributed by atoms with Gasteiger partial charge in [-0.3, -0.25) is 4.79 Å². The Labute approximate surface area is 98.2 Å². The number of hydrogen-bond donors (Lipinski definition) is 2. The Morgan fingerprint density at radius 3 is 2.50 bits per heavy atom. The fourth-order valence-electron chi connectivity index (χ4n) is 3.11. The Hall–Kier alpha value is -0.570. The number of carbonyl (C=O) groups is 1. The number of amides is 1. The first-order chi connectivity index (χ1) is 7.59. The van der Waals surface area contributed by atoms with Crippen LogP contribution in [0.1, 0.15) is 58.3 Å². The maximum absolute atomic E-state index is 12.1. The maximum Gasteiger partial charge on any atom is 0.223 e. The lowest BCUT2D eigenvalue weighted by Gasteiger charge is -2.35. The lowest BCUT2D eigenvalue weighted by Crippen LogP contribution is -2.49. The van der Waals surface area contributed by atoms with Gasteiger partial charge in [-0.1, -0.05) is 19.3 Å². The zero-order valence-corrected chi connectivity index (χ0v) is 10.3. The monoisotopic (exact) mass is 224 g/mol. The second kappa shape index (κ2) is 4.74. The summed E-state index contributed by atoms with van der Waals surface area (Å²) in [6.45, 7) is 2.19. The molecule has 92 valence electrons. The molecule has 0 heterocycles. The van der Waals surface area contributed by atoms with E-state index in [0.29, 0.717) is 0 Å². The third-order valence-corrected chi connectivity index (χ3v) is 4.23. The first-order valence-electron chi connectivity index (χ1n) is 6.67. The van der Waals surface area contributed by atoms with Crippen molar-refractivity contribution in [3.63, 3.8) is 0 Å². The molecule has 2 saturated carbocycles. The SMILES string of the molecule is CC1(NC(=O)C2CCC(N)C2)CCCCC1. The molecule has 2 rings (SSSR count). The van der Waals surface area contributed by atoms with Crippen LogP contribution in [0.15, 0.2) is 0 Å². The molecule has 2 atom stereocenters. The second-order valence-corrected chi connectivity index (χ2v) is 5.88. The van der Waals surface area contributed by atoms with E-state index in [0.717, 1.165) is 32.1 Å². The predicted octanol–water partition coefficient (Wildman–Crippen LogP) is 1.95. The van der Waals surface area contributed by atoms with Gasteiger partial charge in [-0.05, 0) is 39.0 Å². The van der Waals surface area contributed by atoms with Crippen LogP contribution >= 0.6 is 0 Å². The maximum atomic E-state index is 12.1. The van der Waals surface area contributed by atoms with E-state index in [1.54, 1.807) is 0 Å². The molecule has 0 aromatic heterocycles. The van der Waals surface area contributed by atoms with Crippen molar-refractivity contribution >= 4 is 5.91 Å². The summed E-state index contributed by atoms with van der Waals surface area (Å²) in [5.74, 6) is 0.422. The van der Waals surface area contributed by atoms with Crippen molar-refractivity contribution in [1.29, 1.82) is 0 Å². The average Bonchev–Trinajstić information content (AvgIpc) is 2.65. The molecule has 2 aliphatic rings. The molecule has 3 heteroatoms. The summed E-state index contributed by atoms with van der Waals surface area (Å²) in [6, 6.07) is 0.245. The fraction of sp³-hybridized carbons (Fsp3) is 0.923. The molecule has 16 heavy (non-hydrogen) atoms. The zero-order chi connectivity index (χ0) is 11.6. The first kappa shape index (κ1) is 11.9. The molecule has 0 saturated heterocycles. The van der Waals surface area contributed by atoms with Crippen molar-refractivity contribution in [1.82, 2.24) is 5.32 Å². The third kappa shape index (κ3) is 2.76. The highest BCUT2D eigenvalue weighted by Gasteiger charge is 2.33. The molecule has 0 bridgehead atoms. The summed E-state index contributed by atoms with van der Waals surface area (Å²) in [5.41, 5.74) is 5.91. The first-order valence-corrected chi connectivity index (χ1v) is 6.67. The number of nitrogens with two attached hydrogens (primary N) is 1. The Morgan fingerprint density at radius 1 is 1.25 bits per heavy atom. The standard InChI is InChI=1S/C13H24N2O/c1-13(7-3-2-4-8-13)15-12(16)10-5-6-11(14)9-10/h10-11H,2-9,14H2,1H3,(H,15,16). The lowest BCUT2D eigenvalue weighted by atomic mass is 9.83. The molecule has 0 spiro atoms. The van der Waals surface area contributed by atoms with Crippen LogP contribution in [0.25, 0.3) is 0 Å². The van der Waals surface area contributed by atoms with Gasteiger partial charge in [0.1, 0.15) is 0 Å². The Kier molecular flexibility index (Phi) is 3.53.